The van der Waals surface area contributed by atoms with Gasteiger partial charge in [-0.15, -0.1) is 0 Å². The molecule has 0 amide bonds. The second-order valence-electron chi connectivity index (χ2n) is 3.51. The molecule has 3 nitrogen and oxygen atoms in total. The van der Waals surface area contributed by atoms with E-state index in [0.29, 0.717) is 5.69 Å². The third-order valence-corrected chi connectivity index (χ3v) is 2.31. The lowest BCUT2D eigenvalue weighted by molar-refractivity contribution is -0.761. The van der Waals surface area contributed by atoms with E-state index >= 15 is 0 Å². The number of para-hydroxylation sites is 1. The molecule has 0 unspecified atom stereocenters. The van der Waals surface area contributed by atoms with Gasteiger partial charge in [-0.3, -0.25) is 5.21 Å². The molecule has 3 heteroatoms. The first-order valence-electron chi connectivity index (χ1n) is 5.09. The van der Waals surface area contributed by atoms with Crippen molar-refractivity contribution in [1.29, 1.82) is 0 Å². The Labute approximate surface area is 94.3 Å². The van der Waals surface area contributed by atoms with Crippen molar-refractivity contribution in [2.24, 2.45) is 5.11 Å². The summed E-state index contributed by atoms with van der Waals surface area (Å²) in [6.07, 6.45) is 0. The molecule has 0 fully saturated rings. The fourth-order valence-corrected chi connectivity index (χ4v) is 1.40. The third-order valence-electron chi connectivity index (χ3n) is 2.31. The first kappa shape index (κ1) is 10.4. The zero-order chi connectivity index (χ0) is 11.4. The van der Waals surface area contributed by atoms with Crippen molar-refractivity contribution in [2.45, 2.75) is 6.92 Å². The van der Waals surface area contributed by atoms with Crippen LogP contribution in [0.5, 0.6) is 0 Å². The number of rotatable bonds is 2. The van der Waals surface area contributed by atoms with Gasteiger partial charge in [0.25, 0.3) is 5.69 Å². The second-order valence-corrected chi connectivity index (χ2v) is 3.51. The average Bonchev–Trinajstić information content (AvgIpc) is 2.33. The summed E-state index contributed by atoms with van der Waals surface area (Å²) in [7, 11) is 0. The number of hydrogen-bond acceptors (Lipinski definition) is 1. The van der Waals surface area contributed by atoms with Gasteiger partial charge in [0, 0.05) is 12.1 Å². The van der Waals surface area contributed by atoms with Gasteiger partial charge in [0.2, 0.25) is 0 Å². The first-order chi connectivity index (χ1) is 7.77. The van der Waals surface area contributed by atoms with E-state index in [9.17, 15) is 5.21 Å². The molecule has 0 aromatic heterocycles. The van der Waals surface area contributed by atoms with Gasteiger partial charge in [-0.2, -0.15) is 0 Å². The molecule has 80 valence electrons. The van der Waals surface area contributed by atoms with Crippen LogP contribution in [0, 0.1) is 6.92 Å². The Kier molecular flexibility index (Phi) is 2.96. The molecule has 0 radical (unpaired) electrons. The fourth-order valence-electron chi connectivity index (χ4n) is 1.40. The zero-order valence-corrected chi connectivity index (χ0v) is 9.04. The maximum atomic E-state index is 9.77. The van der Waals surface area contributed by atoms with Gasteiger partial charge in [-0.1, -0.05) is 36.4 Å². The smallest absolute Gasteiger partial charge is 0.259 e. The maximum absolute atomic E-state index is 9.77. The van der Waals surface area contributed by atoms with E-state index in [-0.39, 0.29) is 0 Å². The largest absolute Gasteiger partial charge is 0.289 e. The number of aryl methyl sites for hydroxylation is 1. The predicted molar refractivity (Wildman–Crippen MR) is 61.4 cm³/mol. The summed E-state index contributed by atoms with van der Waals surface area (Å²) in [5, 5.41) is 13.9. The van der Waals surface area contributed by atoms with E-state index in [1.807, 2.05) is 49.4 Å². The molecule has 0 heterocycles. The van der Waals surface area contributed by atoms with Gasteiger partial charge in [-0.05, 0) is 18.6 Å². The molecule has 2 rings (SSSR count). The number of hydrogen-bond donors (Lipinski definition) is 1. The molecular formula is C13H13N2O+. The Bertz CT molecular complexity index is 506. The van der Waals surface area contributed by atoms with Crippen molar-refractivity contribution in [2.75, 3.05) is 0 Å². The summed E-state index contributed by atoms with van der Waals surface area (Å²) in [5.74, 6) is 0. The van der Waals surface area contributed by atoms with Crippen LogP contribution in [-0.2, 0) is 0 Å². The number of nitrogens with zero attached hydrogens (tertiary/aromatic N) is 2. The van der Waals surface area contributed by atoms with Crippen molar-refractivity contribution >= 4 is 11.4 Å². The van der Waals surface area contributed by atoms with Crippen molar-refractivity contribution in [1.82, 2.24) is 0 Å². The molecule has 2 aromatic rings. The summed E-state index contributed by atoms with van der Waals surface area (Å²) < 4.78 is 0. The van der Waals surface area contributed by atoms with Gasteiger partial charge >= 0.3 is 0 Å². The Morgan fingerprint density at radius 3 is 2.25 bits per heavy atom. The van der Waals surface area contributed by atoms with E-state index in [4.69, 9.17) is 0 Å². The van der Waals surface area contributed by atoms with Crippen LogP contribution in [0.1, 0.15) is 5.56 Å². The highest BCUT2D eigenvalue weighted by atomic mass is 16.5. The standard InChI is InChI=1S/C13H13N2O/c1-11-7-5-6-10-13(11)14-15(16)12-8-3-2-4-9-12/h2-10H,1H3,(H,14,16)/q+1. The highest BCUT2D eigenvalue weighted by molar-refractivity contribution is 5.43. The summed E-state index contributed by atoms with van der Waals surface area (Å²) in [5.41, 5.74) is 2.43. The van der Waals surface area contributed by atoms with Crippen LogP contribution < -0.4 is 0 Å². The maximum Gasteiger partial charge on any atom is 0.289 e. The fraction of sp³-hybridized carbons (Fsp3) is 0.0769. The van der Waals surface area contributed by atoms with Crippen LogP contribution in [0.15, 0.2) is 59.7 Å². The van der Waals surface area contributed by atoms with Gasteiger partial charge in [-0.25, -0.2) is 0 Å². The molecule has 0 spiro atoms. The van der Waals surface area contributed by atoms with E-state index in [0.717, 1.165) is 16.1 Å². The van der Waals surface area contributed by atoms with E-state index in [1.54, 1.807) is 12.1 Å². The Hall–Kier alpha value is -2.16. The summed E-state index contributed by atoms with van der Waals surface area (Å²) in [4.78, 5) is 0.891. The first-order valence-corrected chi connectivity index (χ1v) is 5.09. The number of benzene rings is 2. The van der Waals surface area contributed by atoms with Crippen molar-refractivity contribution in [3.63, 3.8) is 0 Å². The van der Waals surface area contributed by atoms with E-state index < -0.39 is 0 Å². The molecule has 0 aliphatic rings. The lowest BCUT2D eigenvalue weighted by Gasteiger charge is -1.94. The highest BCUT2D eigenvalue weighted by Crippen LogP contribution is 2.19. The molecule has 0 aliphatic heterocycles. The van der Waals surface area contributed by atoms with Crippen molar-refractivity contribution in [3.8, 4) is 0 Å². The van der Waals surface area contributed by atoms with Gasteiger partial charge in [0.15, 0.2) is 0 Å². The molecule has 0 bridgehead atoms. The van der Waals surface area contributed by atoms with Crippen molar-refractivity contribution < 1.29 is 10.1 Å². The second kappa shape index (κ2) is 4.57. The molecule has 2 aromatic carbocycles. The molecule has 16 heavy (non-hydrogen) atoms. The van der Waals surface area contributed by atoms with Crippen molar-refractivity contribution in [3.05, 3.63) is 60.2 Å². The number of azo groups is 1. The monoisotopic (exact) mass is 213 g/mol. The summed E-state index contributed by atoms with van der Waals surface area (Å²) in [6.45, 7) is 1.96. The average molecular weight is 213 g/mol. The molecular weight excluding hydrogens is 200 g/mol. The minimum Gasteiger partial charge on any atom is -0.259 e. The minimum absolute atomic E-state index is 0.644. The Balaban J connectivity index is 2.36. The lowest BCUT2D eigenvalue weighted by Crippen LogP contribution is -1.93. The van der Waals surface area contributed by atoms with Crippen LogP contribution >= 0.6 is 0 Å². The Morgan fingerprint density at radius 1 is 0.938 bits per heavy atom. The van der Waals surface area contributed by atoms with E-state index in [1.165, 1.54) is 0 Å². The Morgan fingerprint density at radius 2 is 1.56 bits per heavy atom. The van der Waals surface area contributed by atoms with Crippen LogP contribution in [0.2, 0.25) is 0 Å². The zero-order valence-electron chi connectivity index (χ0n) is 9.04. The van der Waals surface area contributed by atoms with Gasteiger partial charge in [0.1, 0.15) is 10.5 Å². The van der Waals surface area contributed by atoms with E-state index in [2.05, 4.69) is 5.11 Å². The summed E-state index contributed by atoms with van der Waals surface area (Å²) >= 11 is 0. The minimum atomic E-state index is 0.644. The molecule has 0 saturated carbocycles. The highest BCUT2D eigenvalue weighted by Gasteiger charge is 2.09. The molecule has 1 N–H and O–H groups in total. The normalized spacial score (nSPS) is 11.4. The van der Waals surface area contributed by atoms with Crippen LogP contribution in [-0.4, -0.2) is 10.1 Å². The summed E-state index contributed by atoms with van der Waals surface area (Å²) in [6, 6.07) is 16.8. The molecule has 0 saturated heterocycles. The van der Waals surface area contributed by atoms with Gasteiger partial charge in [0.05, 0.1) is 5.11 Å². The third kappa shape index (κ3) is 2.25. The van der Waals surface area contributed by atoms with Crippen LogP contribution in [0.25, 0.3) is 0 Å². The topological polar surface area (TPSA) is 35.6 Å². The van der Waals surface area contributed by atoms with Crippen LogP contribution in [0.3, 0.4) is 0 Å². The molecule has 0 atom stereocenters. The SMILES string of the molecule is Cc1ccccc1N=[N+](O)c1ccccc1. The lowest BCUT2D eigenvalue weighted by atomic mass is 10.2. The van der Waals surface area contributed by atoms with Gasteiger partial charge < -0.3 is 0 Å². The molecule has 0 aliphatic carbocycles. The predicted octanol–water partition coefficient (Wildman–Crippen LogP) is 3.81. The quantitative estimate of drug-likeness (QED) is 0.459. The van der Waals surface area contributed by atoms with Crippen LogP contribution in [0.4, 0.5) is 11.4 Å².